The summed E-state index contributed by atoms with van der Waals surface area (Å²) >= 11 is 0. The second-order valence-electron chi connectivity index (χ2n) is 11.0. The molecule has 0 bridgehead atoms. The van der Waals surface area contributed by atoms with E-state index < -0.39 is 6.04 Å². The minimum atomic E-state index is -0.417. The van der Waals surface area contributed by atoms with Gasteiger partial charge in [0.25, 0.3) is 5.91 Å². The van der Waals surface area contributed by atoms with Crippen molar-refractivity contribution >= 4 is 5.91 Å². The number of methoxy groups -OCH3 is 1. The van der Waals surface area contributed by atoms with Gasteiger partial charge in [0.15, 0.2) is 11.5 Å². The van der Waals surface area contributed by atoms with E-state index in [-0.39, 0.29) is 17.8 Å². The normalized spacial score (nSPS) is 14.9. The molecule has 2 N–H and O–H groups in total. The maximum absolute atomic E-state index is 13.7. The number of aromatic amines is 1. The molecule has 1 aromatic heterocycles. The zero-order valence-corrected chi connectivity index (χ0v) is 24.1. The average molecular weight is 536 g/mol. The van der Waals surface area contributed by atoms with E-state index in [1.54, 1.807) is 7.11 Å². The van der Waals surface area contributed by atoms with E-state index in [4.69, 9.17) is 14.2 Å². The third-order valence-corrected chi connectivity index (χ3v) is 7.01. The summed E-state index contributed by atoms with van der Waals surface area (Å²) in [5.41, 5.74) is 5.01. The molecular formula is C31H41N3O5. The first-order chi connectivity index (χ1) is 18.6. The Morgan fingerprint density at radius 3 is 2.54 bits per heavy atom. The topological polar surface area (TPSA) is 96.9 Å². The average Bonchev–Trinajstić information content (AvgIpc) is 3.42. The van der Waals surface area contributed by atoms with Gasteiger partial charge in [-0.15, -0.1) is 0 Å². The highest BCUT2D eigenvalue weighted by atomic mass is 16.5. The summed E-state index contributed by atoms with van der Waals surface area (Å²) in [5, 5.41) is 18.5. The lowest BCUT2D eigenvalue weighted by Crippen LogP contribution is -2.31. The molecule has 0 aliphatic carbocycles. The van der Waals surface area contributed by atoms with Crippen LogP contribution >= 0.6 is 0 Å². The molecule has 1 aliphatic heterocycles. The van der Waals surface area contributed by atoms with Crippen LogP contribution in [0.2, 0.25) is 0 Å². The highest BCUT2D eigenvalue weighted by Crippen LogP contribution is 2.46. The van der Waals surface area contributed by atoms with Gasteiger partial charge in [0.2, 0.25) is 0 Å². The molecule has 1 unspecified atom stereocenters. The van der Waals surface area contributed by atoms with Gasteiger partial charge in [-0.05, 0) is 81.3 Å². The van der Waals surface area contributed by atoms with Crippen LogP contribution in [0.5, 0.6) is 17.2 Å². The number of H-pyrrole nitrogens is 1. The van der Waals surface area contributed by atoms with Crippen molar-refractivity contribution in [2.24, 2.45) is 5.92 Å². The van der Waals surface area contributed by atoms with Crippen molar-refractivity contribution in [2.75, 3.05) is 26.9 Å². The number of rotatable bonds is 12. The highest BCUT2D eigenvalue weighted by Gasteiger charge is 2.42. The summed E-state index contributed by atoms with van der Waals surface area (Å²) in [6.45, 7) is 13.8. The van der Waals surface area contributed by atoms with Gasteiger partial charge in [0.05, 0.1) is 25.9 Å². The van der Waals surface area contributed by atoms with Crippen molar-refractivity contribution in [3.05, 3.63) is 58.3 Å². The Balaban J connectivity index is 1.77. The number of benzene rings is 2. The second kappa shape index (κ2) is 12.1. The van der Waals surface area contributed by atoms with Crippen LogP contribution in [0, 0.1) is 19.8 Å². The summed E-state index contributed by atoms with van der Waals surface area (Å²) in [6, 6.07) is 9.25. The number of aryl methyl sites for hydroxylation is 2. The summed E-state index contributed by atoms with van der Waals surface area (Å²) in [6.07, 6.45) is 1.75. The molecule has 0 saturated heterocycles. The van der Waals surface area contributed by atoms with Gasteiger partial charge in [-0.1, -0.05) is 26.0 Å². The summed E-state index contributed by atoms with van der Waals surface area (Å²) in [7, 11) is 1.62. The number of carbonyl (C=O) groups excluding carboxylic acids is 1. The van der Waals surface area contributed by atoms with Crippen molar-refractivity contribution in [3.8, 4) is 28.5 Å². The number of fused-ring (bicyclic) bond motifs is 1. The molecule has 0 saturated carbocycles. The van der Waals surface area contributed by atoms with Crippen molar-refractivity contribution in [1.29, 1.82) is 0 Å². The third-order valence-electron chi connectivity index (χ3n) is 7.01. The van der Waals surface area contributed by atoms with Crippen LogP contribution in [0.25, 0.3) is 11.3 Å². The maximum atomic E-state index is 13.7. The lowest BCUT2D eigenvalue weighted by atomic mass is 9.94. The van der Waals surface area contributed by atoms with E-state index in [1.165, 1.54) is 0 Å². The number of phenols is 1. The Morgan fingerprint density at radius 2 is 1.85 bits per heavy atom. The standard InChI is InChI=1S/C31H41N3O5/c1-18(2)11-14-39-24-10-9-22(17-25(24)37-7)29-26-27(23-16-20(5)15-21(6)30(23)35)32-33-28(26)31(36)34(29)12-8-13-38-19(3)4/h9-10,15-19,29,35H,8,11-14H2,1-7H3,(H,32,33). The molecule has 210 valence electrons. The van der Waals surface area contributed by atoms with E-state index >= 15 is 0 Å². The molecule has 1 atom stereocenters. The van der Waals surface area contributed by atoms with Gasteiger partial charge in [-0.2, -0.15) is 5.10 Å². The Bertz CT molecular complexity index is 1310. The fraction of sp³-hybridized carbons (Fsp3) is 0.484. The first-order valence-corrected chi connectivity index (χ1v) is 13.7. The lowest BCUT2D eigenvalue weighted by molar-refractivity contribution is 0.0601. The first kappa shape index (κ1) is 28.5. The first-order valence-electron chi connectivity index (χ1n) is 13.7. The molecule has 2 aromatic carbocycles. The molecule has 2 heterocycles. The van der Waals surface area contributed by atoms with Gasteiger partial charge in [0.1, 0.15) is 17.1 Å². The second-order valence-corrected chi connectivity index (χ2v) is 11.0. The number of aromatic nitrogens is 2. The molecule has 4 rings (SSSR count). The van der Waals surface area contributed by atoms with E-state index in [9.17, 15) is 9.90 Å². The number of amides is 1. The Kier molecular flexibility index (Phi) is 8.85. The van der Waals surface area contributed by atoms with Crippen LogP contribution in [0.4, 0.5) is 0 Å². The Hall–Kier alpha value is -3.52. The van der Waals surface area contributed by atoms with Crippen LogP contribution in [0.1, 0.15) is 79.3 Å². The zero-order valence-electron chi connectivity index (χ0n) is 24.1. The molecule has 0 fully saturated rings. The van der Waals surface area contributed by atoms with Crippen LogP contribution in [0.3, 0.4) is 0 Å². The Labute approximate surface area is 231 Å². The molecule has 8 nitrogen and oxygen atoms in total. The number of phenolic OH excluding ortho intramolecular Hbond substituents is 1. The van der Waals surface area contributed by atoms with Crippen molar-refractivity contribution in [1.82, 2.24) is 15.1 Å². The predicted molar refractivity (Wildman–Crippen MR) is 152 cm³/mol. The maximum Gasteiger partial charge on any atom is 0.273 e. The number of carbonyl (C=O) groups is 1. The van der Waals surface area contributed by atoms with E-state index in [2.05, 4.69) is 24.0 Å². The molecular weight excluding hydrogens is 494 g/mol. The van der Waals surface area contributed by atoms with E-state index in [0.29, 0.717) is 60.5 Å². The highest BCUT2D eigenvalue weighted by molar-refractivity contribution is 6.00. The minimum Gasteiger partial charge on any atom is -0.507 e. The number of nitrogens with zero attached hydrogens (tertiary/aromatic N) is 2. The SMILES string of the molecule is COc1cc(C2c3c(-c4cc(C)cc(C)c4O)n[nH]c3C(=O)N2CCCOC(C)C)ccc1OCCC(C)C. The smallest absolute Gasteiger partial charge is 0.273 e. The summed E-state index contributed by atoms with van der Waals surface area (Å²) < 4.78 is 17.5. The number of aromatic hydroxyl groups is 1. The number of ether oxygens (including phenoxy) is 3. The monoisotopic (exact) mass is 535 g/mol. The summed E-state index contributed by atoms with van der Waals surface area (Å²) in [4.78, 5) is 15.5. The molecule has 1 aliphatic rings. The quantitative estimate of drug-likeness (QED) is 0.268. The fourth-order valence-corrected chi connectivity index (χ4v) is 5.05. The zero-order chi connectivity index (χ0) is 28.3. The lowest BCUT2D eigenvalue weighted by Gasteiger charge is -2.27. The van der Waals surface area contributed by atoms with E-state index in [0.717, 1.165) is 28.7 Å². The molecule has 8 heteroatoms. The van der Waals surface area contributed by atoms with Crippen LogP contribution in [-0.4, -0.2) is 59.1 Å². The van der Waals surface area contributed by atoms with E-state index in [1.807, 2.05) is 62.9 Å². The molecule has 0 radical (unpaired) electrons. The predicted octanol–water partition coefficient (Wildman–Crippen LogP) is 6.19. The van der Waals surface area contributed by atoms with Gasteiger partial charge < -0.3 is 24.2 Å². The van der Waals surface area contributed by atoms with Crippen LogP contribution in [-0.2, 0) is 4.74 Å². The number of hydrogen-bond donors (Lipinski definition) is 2. The minimum absolute atomic E-state index is 0.124. The third kappa shape index (κ3) is 6.06. The molecule has 3 aromatic rings. The molecule has 39 heavy (non-hydrogen) atoms. The van der Waals surface area contributed by atoms with Crippen molar-refractivity contribution in [3.63, 3.8) is 0 Å². The molecule has 0 spiro atoms. The van der Waals surface area contributed by atoms with Gasteiger partial charge in [-0.25, -0.2) is 0 Å². The largest absolute Gasteiger partial charge is 0.507 e. The fourth-order valence-electron chi connectivity index (χ4n) is 5.05. The van der Waals surface area contributed by atoms with Gasteiger partial charge in [-0.3, -0.25) is 9.89 Å². The van der Waals surface area contributed by atoms with Crippen molar-refractivity contribution < 1.29 is 24.1 Å². The molecule has 1 amide bonds. The van der Waals surface area contributed by atoms with Gasteiger partial charge in [0, 0.05) is 24.3 Å². The van der Waals surface area contributed by atoms with Gasteiger partial charge >= 0.3 is 0 Å². The summed E-state index contributed by atoms with van der Waals surface area (Å²) in [5.74, 6) is 1.85. The number of nitrogens with one attached hydrogen (secondary N) is 1. The van der Waals surface area contributed by atoms with Crippen LogP contribution < -0.4 is 9.47 Å². The Morgan fingerprint density at radius 1 is 1.08 bits per heavy atom. The number of hydrogen-bond acceptors (Lipinski definition) is 6. The van der Waals surface area contributed by atoms with Crippen molar-refractivity contribution in [2.45, 2.75) is 66.5 Å². The van der Waals surface area contributed by atoms with Crippen LogP contribution in [0.15, 0.2) is 30.3 Å².